The van der Waals surface area contributed by atoms with Crippen molar-refractivity contribution < 1.29 is 13.9 Å². The van der Waals surface area contributed by atoms with E-state index in [4.69, 9.17) is 4.74 Å². The Morgan fingerprint density at radius 1 is 0.842 bits per heavy atom. The lowest BCUT2D eigenvalue weighted by atomic mass is 9.84. The minimum Gasteiger partial charge on any atom is -0.459 e. The number of carbonyl (C=O) groups is 1. The number of benzene rings is 1. The maximum atomic E-state index is 14.9. The molecule has 1 heterocycles. The zero-order valence-electron chi connectivity index (χ0n) is 23.9. The second kappa shape index (κ2) is 17.3. The van der Waals surface area contributed by atoms with Gasteiger partial charge in [0.1, 0.15) is 11.9 Å². The fourth-order valence-electron chi connectivity index (χ4n) is 5.53. The van der Waals surface area contributed by atoms with Crippen LogP contribution >= 0.6 is 0 Å². The summed E-state index contributed by atoms with van der Waals surface area (Å²) in [5, 5.41) is 0. The first-order valence-electron chi connectivity index (χ1n) is 15.4. The Balaban J connectivity index is 1.41. The molecule has 3 rings (SSSR count). The average molecular weight is 525 g/mol. The van der Waals surface area contributed by atoms with E-state index in [0.29, 0.717) is 11.4 Å². The molecule has 0 saturated heterocycles. The van der Waals surface area contributed by atoms with Crippen molar-refractivity contribution in [2.24, 2.45) is 5.92 Å². The van der Waals surface area contributed by atoms with E-state index in [1.54, 1.807) is 6.07 Å². The van der Waals surface area contributed by atoms with E-state index in [2.05, 4.69) is 23.8 Å². The highest BCUT2D eigenvalue weighted by molar-refractivity contribution is 5.90. The van der Waals surface area contributed by atoms with Crippen molar-refractivity contribution in [2.45, 2.75) is 136 Å². The molecule has 210 valence electrons. The predicted molar refractivity (Wildman–Crippen MR) is 154 cm³/mol. The Hall–Kier alpha value is -2.30. The van der Waals surface area contributed by atoms with Gasteiger partial charge in [0.15, 0.2) is 5.82 Å². The van der Waals surface area contributed by atoms with Gasteiger partial charge in [0.2, 0.25) is 0 Å². The first-order chi connectivity index (χ1) is 18.6. The van der Waals surface area contributed by atoms with Crippen LogP contribution in [0, 0.1) is 11.7 Å². The monoisotopic (exact) mass is 524 g/mol. The van der Waals surface area contributed by atoms with E-state index in [1.807, 2.05) is 12.4 Å². The van der Waals surface area contributed by atoms with Crippen LogP contribution in [0.25, 0.3) is 11.4 Å². The number of carbonyl (C=O) groups excluding carboxylic acids is 1. The van der Waals surface area contributed by atoms with E-state index in [0.717, 1.165) is 50.0 Å². The molecule has 0 unspecified atom stereocenters. The number of hydrogen-bond donors (Lipinski definition) is 0. The lowest BCUT2D eigenvalue weighted by Crippen LogP contribution is -2.25. The summed E-state index contributed by atoms with van der Waals surface area (Å²) < 4.78 is 20.6. The summed E-state index contributed by atoms with van der Waals surface area (Å²) in [6, 6.07) is 4.56. The maximum Gasteiger partial charge on any atom is 0.341 e. The Kier molecular flexibility index (Phi) is 13.8. The largest absolute Gasteiger partial charge is 0.459 e. The highest BCUT2D eigenvalue weighted by Crippen LogP contribution is 2.31. The normalized spacial score (nSPS) is 17.4. The second-order valence-corrected chi connectivity index (χ2v) is 11.2. The third-order valence-electron chi connectivity index (χ3n) is 8.00. The van der Waals surface area contributed by atoms with Crippen LogP contribution < -0.4 is 0 Å². The van der Waals surface area contributed by atoms with Crippen molar-refractivity contribution in [1.82, 2.24) is 9.97 Å². The van der Waals surface area contributed by atoms with Crippen molar-refractivity contribution in [1.29, 1.82) is 0 Å². The molecular weight excluding hydrogens is 475 g/mol. The van der Waals surface area contributed by atoms with Gasteiger partial charge in [-0.15, -0.1) is 0 Å². The average Bonchev–Trinajstić information content (AvgIpc) is 2.93. The molecule has 0 bridgehead atoms. The minimum atomic E-state index is -0.580. The molecule has 1 saturated carbocycles. The standard InChI is InChI=1S/C33H49FN2O2/c1-3-5-7-9-10-12-14-16-27-24-35-32(36-25-27)28-19-22-30(31(34)23-28)33(37)38-29-20-17-26(18-21-29)15-13-11-8-6-4-2/h19,22-26,29H,3-18,20-21H2,1-2H3. The number of aromatic nitrogens is 2. The molecule has 1 aromatic carbocycles. The first kappa shape index (κ1) is 30.2. The summed E-state index contributed by atoms with van der Waals surface area (Å²) in [5.41, 5.74) is 1.66. The highest BCUT2D eigenvalue weighted by Gasteiger charge is 2.25. The summed E-state index contributed by atoms with van der Waals surface area (Å²) in [6.07, 6.45) is 25.3. The van der Waals surface area contributed by atoms with Crippen LogP contribution in [-0.2, 0) is 11.2 Å². The van der Waals surface area contributed by atoms with E-state index in [9.17, 15) is 9.18 Å². The number of unbranched alkanes of at least 4 members (excludes halogenated alkanes) is 10. The number of hydrogen-bond acceptors (Lipinski definition) is 4. The molecule has 0 spiro atoms. The Morgan fingerprint density at radius 2 is 1.45 bits per heavy atom. The van der Waals surface area contributed by atoms with Crippen molar-refractivity contribution >= 4 is 5.97 Å². The van der Waals surface area contributed by atoms with Gasteiger partial charge in [-0.3, -0.25) is 0 Å². The number of aryl methyl sites for hydroxylation is 1. The number of rotatable bonds is 17. The molecule has 0 radical (unpaired) electrons. The molecule has 5 heteroatoms. The second-order valence-electron chi connectivity index (χ2n) is 11.2. The Morgan fingerprint density at radius 3 is 2.08 bits per heavy atom. The molecule has 4 nitrogen and oxygen atoms in total. The van der Waals surface area contributed by atoms with Crippen molar-refractivity contribution in [3.63, 3.8) is 0 Å². The van der Waals surface area contributed by atoms with Crippen LogP contribution in [-0.4, -0.2) is 22.0 Å². The molecule has 0 amide bonds. The quantitative estimate of drug-likeness (QED) is 0.153. The molecule has 2 aromatic rings. The zero-order chi connectivity index (χ0) is 27.0. The molecule has 0 N–H and O–H groups in total. The van der Waals surface area contributed by atoms with Crippen LogP contribution in [0.5, 0.6) is 0 Å². The van der Waals surface area contributed by atoms with Crippen molar-refractivity contribution in [3.8, 4) is 11.4 Å². The van der Waals surface area contributed by atoms with Gasteiger partial charge in [-0.1, -0.05) is 97.0 Å². The van der Waals surface area contributed by atoms with E-state index in [1.165, 1.54) is 89.2 Å². The smallest absolute Gasteiger partial charge is 0.341 e. The molecule has 1 aliphatic rings. The fourth-order valence-corrected chi connectivity index (χ4v) is 5.53. The molecule has 0 atom stereocenters. The van der Waals surface area contributed by atoms with Gasteiger partial charge in [-0.05, 0) is 62.1 Å². The molecule has 1 aliphatic carbocycles. The number of nitrogens with zero attached hydrogens (tertiary/aromatic N) is 2. The maximum absolute atomic E-state index is 14.9. The molecule has 1 fully saturated rings. The molecule has 0 aliphatic heterocycles. The summed E-state index contributed by atoms with van der Waals surface area (Å²) in [7, 11) is 0. The van der Waals surface area contributed by atoms with Gasteiger partial charge >= 0.3 is 5.97 Å². The molecule has 1 aromatic heterocycles. The third-order valence-corrected chi connectivity index (χ3v) is 8.00. The number of ether oxygens (including phenoxy) is 1. The van der Waals surface area contributed by atoms with E-state index in [-0.39, 0.29) is 11.7 Å². The van der Waals surface area contributed by atoms with E-state index >= 15 is 0 Å². The van der Waals surface area contributed by atoms with Crippen LogP contribution in [0.2, 0.25) is 0 Å². The number of halogens is 1. The molecular formula is C33H49FN2O2. The van der Waals surface area contributed by atoms with Gasteiger partial charge in [-0.2, -0.15) is 0 Å². The van der Waals surface area contributed by atoms with Gasteiger partial charge in [0, 0.05) is 18.0 Å². The summed E-state index contributed by atoms with van der Waals surface area (Å²) in [4.78, 5) is 21.6. The first-order valence-corrected chi connectivity index (χ1v) is 15.4. The summed E-state index contributed by atoms with van der Waals surface area (Å²) in [5.74, 6) is 0.0664. The van der Waals surface area contributed by atoms with Gasteiger partial charge in [-0.25, -0.2) is 19.2 Å². The van der Waals surface area contributed by atoms with Crippen LogP contribution in [0.3, 0.4) is 0 Å². The van der Waals surface area contributed by atoms with Crippen LogP contribution in [0.15, 0.2) is 30.6 Å². The van der Waals surface area contributed by atoms with Crippen LogP contribution in [0.4, 0.5) is 4.39 Å². The minimum absolute atomic E-state index is 0.0117. The summed E-state index contributed by atoms with van der Waals surface area (Å²) >= 11 is 0. The number of esters is 1. The lowest BCUT2D eigenvalue weighted by Gasteiger charge is -2.28. The lowest BCUT2D eigenvalue weighted by molar-refractivity contribution is 0.0156. The van der Waals surface area contributed by atoms with Crippen LogP contribution in [0.1, 0.15) is 139 Å². The van der Waals surface area contributed by atoms with Gasteiger partial charge in [0.25, 0.3) is 0 Å². The third kappa shape index (κ3) is 10.5. The zero-order valence-corrected chi connectivity index (χ0v) is 23.9. The Bertz CT molecular complexity index is 939. The van der Waals surface area contributed by atoms with E-state index < -0.39 is 11.8 Å². The summed E-state index contributed by atoms with van der Waals surface area (Å²) in [6.45, 7) is 4.48. The van der Waals surface area contributed by atoms with Gasteiger partial charge < -0.3 is 4.74 Å². The fraction of sp³-hybridized carbons (Fsp3) is 0.667. The van der Waals surface area contributed by atoms with Crippen molar-refractivity contribution in [2.75, 3.05) is 0 Å². The SMILES string of the molecule is CCCCCCCCCc1cnc(-c2ccc(C(=O)OC3CCC(CCCCCCC)CC3)c(F)c2)nc1. The highest BCUT2D eigenvalue weighted by atomic mass is 19.1. The predicted octanol–water partition coefficient (Wildman–Crippen LogP) is 9.65. The topological polar surface area (TPSA) is 52.1 Å². The van der Waals surface area contributed by atoms with Crippen molar-refractivity contribution in [3.05, 3.63) is 47.5 Å². The van der Waals surface area contributed by atoms with Gasteiger partial charge in [0.05, 0.1) is 5.56 Å². The Labute approximate surface area is 230 Å². The molecule has 38 heavy (non-hydrogen) atoms.